The van der Waals surface area contributed by atoms with Crippen molar-refractivity contribution in [3.8, 4) is 0 Å². The first-order valence-corrected chi connectivity index (χ1v) is 5.72. The summed E-state index contributed by atoms with van der Waals surface area (Å²) >= 11 is 0. The Bertz CT molecular complexity index is 685. The van der Waals surface area contributed by atoms with E-state index in [-0.39, 0.29) is 35.5 Å². The molecule has 19 heavy (non-hydrogen) atoms. The molecule has 0 aromatic carbocycles. The molecule has 2 N–H and O–H groups in total. The zero-order valence-corrected chi connectivity index (χ0v) is 10.5. The van der Waals surface area contributed by atoms with Gasteiger partial charge in [-0.15, -0.1) is 0 Å². The van der Waals surface area contributed by atoms with E-state index in [2.05, 4.69) is 20.3 Å². The standard InChI is InChI=1S/C11H13N5O3/c1-6(2)9(18)14-11-13-8-7(10(19)15-11)12-5-16(8)3-4-17/h4-6H,3H2,1-2H3,(H2,13,14,15,18,19). The van der Waals surface area contributed by atoms with Gasteiger partial charge in [-0.05, 0) is 0 Å². The number of nitrogens with one attached hydrogen (secondary N) is 2. The highest BCUT2D eigenvalue weighted by Gasteiger charge is 2.13. The van der Waals surface area contributed by atoms with Crippen molar-refractivity contribution < 1.29 is 9.59 Å². The number of hydrogen-bond acceptors (Lipinski definition) is 5. The highest BCUT2D eigenvalue weighted by molar-refractivity contribution is 5.91. The van der Waals surface area contributed by atoms with Crippen LogP contribution in [0.15, 0.2) is 11.1 Å². The van der Waals surface area contributed by atoms with E-state index in [9.17, 15) is 14.4 Å². The molecule has 8 nitrogen and oxygen atoms in total. The summed E-state index contributed by atoms with van der Waals surface area (Å²) in [4.78, 5) is 44.2. The highest BCUT2D eigenvalue weighted by Crippen LogP contribution is 2.08. The van der Waals surface area contributed by atoms with Crippen molar-refractivity contribution in [3.63, 3.8) is 0 Å². The number of aromatic nitrogens is 4. The third kappa shape index (κ3) is 2.51. The van der Waals surface area contributed by atoms with Gasteiger partial charge in [0.1, 0.15) is 6.29 Å². The number of H-pyrrole nitrogens is 1. The van der Waals surface area contributed by atoms with Crippen LogP contribution in [0.1, 0.15) is 13.8 Å². The maximum atomic E-state index is 11.8. The summed E-state index contributed by atoms with van der Waals surface area (Å²) < 4.78 is 1.43. The molecule has 8 heteroatoms. The smallest absolute Gasteiger partial charge is 0.280 e. The van der Waals surface area contributed by atoms with Crippen LogP contribution in [0.2, 0.25) is 0 Å². The van der Waals surface area contributed by atoms with Gasteiger partial charge in [-0.1, -0.05) is 13.8 Å². The SMILES string of the molecule is CC(C)C(=O)Nc1nc2c(ncn2CC=O)c(=O)[nH]1. The van der Waals surface area contributed by atoms with Gasteiger partial charge in [0, 0.05) is 5.92 Å². The van der Waals surface area contributed by atoms with Crippen molar-refractivity contribution in [1.29, 1.82) is 0 Å². The summed E-state index contributed by atoms with van der Waals surface area (Å²) in [6.07, 6.45) is 2.03. The second-order valence-electron chi connectivity index (χ2n) is 4.29. The van der Waals surface area contributed by atoms with Gasteiger partial charge in [0.05, 0.1) is 12.9 Å². The Morgan fingerprint density at radius 2 is 2.32 bits per heavy atom. The Kier molecular flexibility index (Phi) is 3.41. The molecule has 0 fully saturated rings. The lowest BCUT2D eigenvalue weighted by atomic mass is 10.2. The number of aldehydes is 1. The van der Waals surface area contributed by atoms with Crippen molar-refractivity contribution in [3.05, 3.63) is 16.7 Å². The first-order chi connectivity index (χ1) is 9.02. The van der Waals surface area contributed by atoms with Crippen LogP contribution in [0.3, 0.4) is 0 Å². The van der Waals surface area contributed by atoms with Crippen LogP contribution in [0, 0.1) is 5.92 Å². The number of fused-ring (bicyclic) bond motifs is 1. The minimum atomic E-state index is -0.464. The number of aromatic amines is 1. The minimum absolute atomic E-state index is 0.0452. The Balaban J connectivity index is 2.47. The van der Waals surface area contributed by atoms with Crippen LogP contribution >= 0.6 is 0 Å². The Morgan fingerprint density at radius 3 is 2.95 bits per heavy atom. The molecule has 0 aliphatic rings. The molecule has 0 saturated heterocycles. The van der Waals surface area contributed by atoms with E-state index in [1.807, 2.05) is 0 Å². The predicted molar refractivity (Wildman–Crippen MR) is 67.7 cm³/mol. The fourth-order valence-corrected chi connectivity index (χ4v) is 1.49. The maximum absolute atomic E-state index is 11.8. The molecule has 100 valence electrons. The summed E-state index contributed by atoms with van der Waals surface area (Å²) in [6.45, 7) is 3.50. The average molecular weight is 263 g/mol. The lowest BCUT2D eigenvalue weighted by molar-refractivity contribution is -0.119. The lowest BCUT2D eigenvalue weighted by Crippen LogP contribution is -2.22. The number of hydrogen-bond donors (Lipinski definition) is 2. The minimum Gasteiger partial charge on any atom is -0.308 e. The molecule has 0 spiro atoms. The van der Waals surface area contributed by atoms with E-state index < -0.39 is 5.56 Å². The van der Waals surface area contributed by atoms with Crippen molar-refractivity contribution in [2.45, 2.75) is 20.4 Å². The van der Waals surface area contributed by atoms with Gasteiger partial charge in [-0.25, -0.2) is 4.98 Å². The van der Waals surface area contributed by atoms with Gasteiger partial charge in [-0.3, -0.25) is 19.9 Å². The van der Waals surface area contributed by atoms with Crippen molar-refractivity contribution in [1.82, 2.24) is 19.5 Å². The van der Waals surface area contributed by atoms with Gasteiger partial charge in [0.2, 0.25) is 11.9 Å². The van der Waals surface area contributed by atoms with Gasteiger partial charge in [0.25, 0.3) is 5.56 Å². The lowest BCUT2D eigenvalue weighted by Gasteiger charge is -2.06. The molecule has 0 radical (unpaired) electrons. The van der Waals surface area contributed by atoms with E-state index in [0.717, 1.165) is 0 Å². The third-order valence-corrected chi connectivity index (χ3v) is 2.51. The van der Waals surface area contributed by atoms with Crippen LogP contribution in [0.4, 0.5) is 5.95 Å². The largest absolute Gasteiger partial charge is 0.308 e. The molecule has 0 bridgehead atoms. The molecular formula is C11H13N5O3. The summed E-state index contributed by atoms with van der Waals surface area (Å²) in [5, 5.41) is 2.50. The molecule has 2 heterocycles. The zero-order chi connectivity index (χ0) is 14.0. The van der Waals surface area contributed by atoms with E-state index in [1.165, 1.54) is 10.9 Å². The summed E-state index contributed by atoms with van der Waals surface area (Å²) in [6, 6.07) is 0. The fraction of sp³-hybridized carbons (Fsp3) is 0.364. The van der Waals surface area contributed by atoms with Crippen molar-refractivity contribution >= 4 is 29.3 Å². The molecule has 0 aliphatic heterocycles. The number of nitrogens with zero attached hydrogens (tertiary/aromatic N) is 3. The van der Waals surface area contributed by atoms with Crippen LogP contribution in [-0.4, -0.2) is 31.7 Å². The number of carbonyl (C=O) groups is 2. The van der Waals surface area contributed by atoms with Crippen LogP contribution < -0.4 is 10.9 Å². The fourth-order valence-electron chi connectivity index (χ4n) is 1.49. The Labute approximate surface area is 107 Å². The quantitative estimate of drug-likeness (QED) is 0.749. The van der Waals surface area contributed by atoms with Crippen LogP contribution in [0.25, 0.3) is 11.2 Å². The van der Waals surface area contributed by atoms with Crippen molar-refractivity contribution in [2.24, 2.45) is 5.92 Å². The van der Waals surface area contributed by atoms with Crippen LogP contribution in [-0.2, 0) is 16.1 Å². The average Bonchev–Trinajstić information content (AvgIpc) is 2.73. The summed E-state index contributed by atoms with van der Waals surface area (Å²) in [5.41, 5.74) is -0.0759. The predicted octanol–water partition coefficient (Wildman–Crippen LogP) is -0.0870. The van der Waals surface area contributed by atoms with Crippen molar-refractivity contribution in [2.75, 3.05) is 5.32 Å². The third-order valence-electron chi connectivity index (χ3n) is 2.51. The molecule has 1 amide bonds. The van der Waals surface area contributed by atoms with E-state index in [4.69, 9.17) is 0 Å². The highest BCUT2D eigenvalue weighted by atomic mass is 16.2. The molecule has 2 aromatic heterocycles. The number of imidazole rings is 1. The molecular weight excluding hydrogens is 250 g/mol. The topological polar surface area (TPSA) is 110 Å². The molecule has 0 saturated carbocycles. The second-order valence-corrected chi connectivity index (χ2v) is 4.29. The second kappa shape index (κ2) is 5.01. The summed E-state index contributed by atoms with van der Waals surface area (Å²) in [5.74, 6) is -0.450. The number of carbonyl (C=O) groups excluding carboxylic acids is 2. The molecule has 2 rings (SSSR count). The zero-order valence-electron chi connectivity index (χ0n) is 10.5. The van der Waals surface area contributed by atoms with Gasteiger partial charge >= 0.3 is 0 Å². The van der Waals surface area contributed by atoms with Gasteiger partial charge in [-0.2, -0.15) is 4.98 Å². The van der Waals surface area contributed by atoms with Gasteiger partial charge in [0.15, 0.2) is 11.2 Å². The van der Waals surface area contributed by atoms with E-state index >= 15 is 0 Å². The summed E-state index contributed by atoms with van der Waals surface area (Å²) in [7, 11) is 0. The molecule has 0 aliphatic carbocycles. The van der Waals surface area contributed by atoms with E-state index in [0.29, 0.717) is 6.29 Å². The normalized spacial score (nSPS) is 10.9. The Hall–Kier alpha value is -2.51. The Morgan fingerprint density at radius 1 is 1.58 bits per heavy atom. The number of anilines is 1. The first-order valence-electron chi connectivity index (χ1n) is 5.72. The first kappa shape index (κ1) is 12.9. The number of rotatable bonds is 4. The maximum Gasteiger partial charge on any atom is 0.280 e. The molecule has 0 atom stereocenters. The molecule has 2 aromatic rings. The van der Waals surface area contributed by atoms with E-state index in [1.54, 1.807) is 13.8 Å². The van der Waals surface area contributed by atoms with Gasteiger partial charge < -0.3 is 9.36 Å². The molecule has 0 unspecified atom stereocenters. The monoisotopic (exact) mass is 263 g/mol. The van der Waals surface area contributed by atoms with Crippen LogP contribution in [0.5, 0.6) is 0 Å². The number of amides is 1.